The van der Waals surface area contributed by atoms with E-state index in [0.717, 1.165) is 16.7 Å². The quantitative estimate of drug-likeness (QED) is 0.772. The maximum absolute atomic E-state index is 11.5. The summed E-state index contributed by atoms with van der Waals surface area (Å²) >= 11 is 0. The lowest BCUT2D eigenvalue weighted by Gasteiger charge is -2.04. The maximum Gasteiger partial charge on any atom is 0.228 e. The van der Waals surface area contributed by atoms with Gasteiger partial charge in [0.2, 0.25) is 5.91 Å². The summed E-state index contributed by atoms with van der Waals surface area (Å²) in [6.07, 6.45) is 0. The molecule has 0 fully saturated rings. The van der Waals surface area contributed by atoms with Crippen molar-refractivity contribution in [3.63, 3.8) is 0 Å². The Morgan fingerprint density at radius 3 is 2.73 bits per heavy atom. The molecule has 15 heavy (non-hydrogen) atoms. The number of fused-ring (bicyclic) bond motifs is 1. The average Bonchev–Trinajstić information content (AvgIpc) is 2.59. The van der Waals surface area contributed by atoms with Gasteiger partial charge in [0.15, 0.2) is 0 Å². The van der Waals surface area contributed by atoms with Gasteiger partial charge >= 0.3 is 0 Å². The number of benzene rings is 1. The molecule has 0 bridgehead atoms. The summed E-state index contributed by atoms with van der Waals surface area (Å²) < 4.78 is 0. The molecule has 0 saturated heterocycles. The summed E-state index contributed by atoms with van der Waals surface area (Å²) in [5.74, 6) is 0.785. The standard InChI is InChI=1S/C12H14N2O/c1-8(2)12(15)14-11-7-9-5-3-4-6-10(9)13-11/h3-8,13H,1-2H3,(H,14,15). The molecule has 3 nitrogen and oxygen atoms in total. The van der Waals surface area contributed by atoms with E-state index in [0.29, 0.717) is 0 Å². The lowest BCUT2D eigenvalue weighted by molar-refractivity contribution is -0.118. The second-order valence-corrected chi connectivity index (χ2v) is 3.91. The number of aromatic nitrogens is 1. The number of carbonyl (C=O) groups is 1. The first-order chi connectivity index (χ1) is 7.16. The molecule has 2 N–H and O–H groups in total. The molecule has 0 radical (unpaired) electrons. The fraction of sp³-hybridized carbons (Fsp3) is 0.250. The molecule has 2 rings (SSSR count). The smallest absolute Gasteiger partial charge is 0.228 e. The summed E-state index contributed by atoms with van der Waals surface area (Å²) in [6.45, 7) is 3.75. The zero-order valence-electron chi connectivity index (χ0n) is 8.87. The van der Waals surface area contributed by atoms with Crippen LogP contribution in [0.2, 0.25) is 0 Å². The van der Waals surface area contributed by atoms with Gasteiger partial charge in [-0.05, 0) is 12.1 Å². The summed E-state index contributed by atoms with van der Waals surface area (Å²) in [5.41, 5.74) is 1.04. The predicted octanol–water partition coefficient (Wildman–Crippen LogP) is 2.76. The SMILES string of the molecule is CC(C)C(=O)Nc1cc2ccccc2[nH]1. The lowest BCUT2D eigenvalue weighted by atomic mass is 10.2. The van der Waals surface area contributed by atoms with Crippen LogP contribution in [-0.2, 0) is 4.79 Å². The second kappa shape index (κ2) is 3.77. The number of aromatic amines is 1. The van der Waals surface area contributed by atoms with Gasteiger partial charge in [-0.25, -0.2) is 0 Å². The first kappa shape index (κ1) is 9.77. The number of para-hydroxylation sites is 1. The molecule has 0 aliphatic heterocycles. The molecule has 0 aliphatic carbocycles. The monoisotopic (exact) mass is 202 g/mol. The van der Waals surface area contributed by atoms with E-state index in [1.165, 1.54) is 0 Å². The molecule has 0 unspecified atom stereocenters. The van der Waals surface area contributed by atoms with Crippen LogP contribution in [0.1, 0.15) is 13.8 Å². The van der Waals surface area contributed by atoms with Crippen molar-refractivity contribution in [1.82, 2.24) is 4.98 Å². The van der Waals surface area contributed by atoms with Gasteiger partial charge in [0.05, 0.1) is 0 Å². The van der Waals surface area contributed by atoms with Gasteiger partial charge in [-0.1, -0.05) is 32.0 Å². The Balaban J connectivity index is 2.26. The Hall–Kier alpha value is -1.77. The molecule has 0 spiro atoms. The normalized spacial score (nSPS) is 10.9. The van der Waals surface area contributed by atoms with E-state index < -0.39 is 0 Å². The highest BCUT2D eigenvalue weighted by Gasteiger charge is 2.08. The van der Waals surface area contributed by atoms with E-state index >= 15 is 0 Å². The van der Waals surface area contributed by atoms with Crippen LogP contribution in [0.25, 0.3) is 10.9 Å². The summed E-state index contributed by atoms with van der Waals surface area (Å²) in [4.78, 5) is 14.6. The Bertz CT molecular complexity index is 452. The Kier molecular flexibility index (Phi) is 2.46. The molecule has 0 atom stereocenters. The highest BCUT2D eigenvalue weighted by molar-refractivity contribution is 5.94. The van der Waals surface area contributed by atoms with Gasteiger partial charge in [-0.15, -0.1) is 0 Å². The van der Waals surface area contributed by atoms with Crippen LogP contribution in [-0.4, -0.2) is 10.9 Å². The van der Waals surface area contributed by atoms with E-state index in [9.17, 15) is 4.79 Å². The molecule has 78 valence electrons. The number of anilines is 1. The highest BCUT2D eigenvalue weighted by Crippen LogP contribution is 2.18. The third kappa shape index (κ3) is 2.01. The Morgan fingerprint density at radius 1 is 1.33 bits per heavy atom. The molecule has 1 aromatic carbocycles. The van der Waals surface area contributed by atoms with Crippen LogP contribution in [0.15, 0.2) is 30.3 Å². The fourth-order valence-electron chi connectivity index (χ4n) is 1.42. The van der Waals surface area contributed by atoms with E-state index in [1.54, 1.807) is 0 Å². The zero-order valence-corrected chi connectivity index (χ0v) is 8.87. The van der Waals surface area contributed by atoms with Crippen molar-refractivity contribution >= 4 is 22.6 Å². The number of rotatable bonds is 2. The number of hydrogen-bond acceptors (Lipinski definition) is 1. The van der Waals surface area contributed by atoms with Crippen molar-refractivity contribution < 1.29 is 4.79 Å². The number of H-pyrrole nitrogens is 1. The van der Waals surface area contributed by atoms with Gasteiger partial charge in [-0.3, -0.25) is 4.79 Å². The van der Waals surface area contributed by atoms with Crippen LogP contribution in [0.4, 0.5) is 5.82 Å². The van der Waals surface area contributed by atoms with E-state index in [2.05, 4.69) is 10.3 Å². The second-order valence-electron chi connectivity index (χ2n) is 3.91. The third-order valence-electron chi connectivity index (χ3n) is 2.31. The largest absolute Gasteiger partial charge is 0.341 e. The summed E-state index contributed by atoms with van der Waals surface area (Å²) in [7, 11) is 0. The average molecular weight is 202 g/mol. The van der Waals surface area contributed by atoms with Crippen molar-refractivity contribution in [3.05, 3.63) is 30.3 Å². The minimum absolute atomic E-state index is 0.00332. The van der Waals surface area contributed by atoms with E-state index in [1.807, 2.05) is 44.2 Å². The van der Waals surface area contributed by atoms with E-state index in [4.69, 9.17) is 0 Å². The van der Waals surface area contributed by atoms with Gasteiger partial charge in [0, 0.05) is 16.8 Å². The first-order valence-electron chi connectivity index (χ1n) is 5.05. The topological polar surface area (TPSA) is 44.9 Å². The number of carbonyl (C=O) groups excluding carboxylic acids is 1. The highest BCUT2D eigenvalue weighted by atomic mass is 16.1. The van der Waals surface area contributed by atoms with Gasteiger partial charge in [0.25, 0.3) is 0 Å². The first-order valence-corrected chi connectivity index (χ1v) is 5.05. The van der Waals surface area contributed by atoms with Crippen molar-refractivity contribution in [2.75, 3.05) is 5.32 Å². The van der Waals surface area contributed by atoms with Crippen molar-refractivity contribution in [2.45, 2.75) is 13.8 Å². The molecule has 2 aromatic rings. The number of amides is 1. The third-order valence-corrected chi connectivity index (χ3v) is 2.31. The molecule has 0 aliphatic rings. The van der Waals surface area contributed by atoms with Crippen LogP contribution in [0.5, 0.6) is 0 Å². The van der Waals surface area contributed by atoms with Crippen LogP contribution in [0.3, 0.4) is 0 Å². The molecule has 3 heteroatoms. The van der Waals surface area contributed by atoms with Gasteiger partial charge in [-0.2, -0.15) is 0 Å². The molecule has 1 amide bonds. The number of nitrogens with one attached hydrogen (secondary N) is 2. The Morgan fingerprint density at radius 2 is 2.07 bits per heavy atom. The molecule has 1 aromatic heterocycles. The van der Waals surface area contributed by atoms with Crippen LogP contribution >= 0.6 is 0 Å². The summed E-state index contributed by atoms with van der Waals surface area (Å²) in [5, 5.41) is 3.94. The maximum atomic E-state index is 11.5. The lowest BCUT2D eigenvalue weighted by Crippen LogP contribution is -2.17. The Labute approximate surface area is 88.5 Å². The molecular formula is C12H14N2O. The zero-order chi connectivity index (χ0) is 10.8. The molecule has 1 heterocycles. The minimum Gasteiger partial charge on any atom is -0.341 e. The van der Waals surface area contributed by atoms with Gasteiger partial charge < -0.3 is 10.3 Å². The van der Waals surface area contributed by atoms with Crippen molar-refractivity contribution in [3.8, 4) is 0 Å². The molecule has 0 saturated carbocycles. The molecular weight excluding hydrogens is 188 g/mol. The van der Waals surface area contributed by atoms with Crippen LogP contribution in [0, 0.1) is 5.92 Å². The van der Waals surface area contributed by atoms with Gasteiger partial charge in [0.1, 0.15) is 5.82 Å². The summed E-state index contributed by atoms with van der Waals surface area (Å²) in [6, 6.07) is 9.88. The van der Waals surface area contributed by atoms with Crippen molar-refractivity contribution in [2.24, 2.45) is 5.92 Å². The number of hydrogen-bond donors (Lipinski definition) is 2. The van der Waals surface area contributed by atoms with Crippen molar-refractivity contribution in [1.29, 1.82) is 0 Å². The minimum atomic E-state index is -0.00332. The fourth-order valence-corrected chi connectivity index (χ4v) is 1.42. The predicted molar refractivity (Wildman–Crippen MR) is 61.8 cm³/mol. The van der Waals surface area contributed by atoms with E-state index in [-0.39, 0.29) is 11.8 Å². The van der Waals surface area contributed by atoms with Crippen LogP contribution < -0.4 is 5.32 Å².